The molecule has 3 rings (SSSR count). The molecule has 1 saturated heterocycles. The van der Waals surface area contributed by atoms with Crippen molar-refractivity contribution in [3.05, 3.63) is 35.7 Å². The van der Waals surface area contributed by atoms with Crippen molar-refractivity contribution in [2.24, 2.45) is 0 Å². The highest BCUT2D eigenvalue weighted by Gasteiger charge is 2.29. The number of aromatic nitrogens is 3. The molecule has 1 unspecified atom stereocenters. The molecule has 1 aliphatic heterocycles. The van der Waals surface area contributed by atoms with Crippen LogP contribution in [0.25, 0.3) is 5.69 Å². The van der Waals surface area contributed by atoms with E-state index in [4.69, 9.17) is 0 Å². The summed E-state index contributed by atoms with van der Waals surface area (Å²) in [7, 11) is -3.07. The zero-order valence-corrected chi connectivity index (χ0v) is 19.5. The molecule has 0 spiro atoms. The fraction of sp³-hybridized carbons (Fsp3) is 0.500. The Bertz CT molecular complexity index is 1050. The maximum Gasteiger partial charge on any atom is 0.239 e. The van der Waals surface area contributed by atoms with E-state index in [2.05, 4.69) is 15.5 Å². The van der Waals surface area contributed by atoms with Crippen LogP contribution in [0.3, 0.4) is 0 Å². The normalized spacial score (nSPS) is 17.5. The predicted molar refractivity (Wildman–Crippen MR) is 119 cm³/mol. The number of hydrogen-bond donors (Lipinski definition) is 1. The van der Waals surface area contributed by atoms with Gasteiger partial charge in [0.15, 0.2) is 15.0 Å². The summed E-state index contributed by atoms with van der Waals surface area (Å²) in [5.41, 5.74) is 2.06. The van der Waals surface area contributed by atoms with Gasteiger partial charge in [0.25, 0.3) is 0 Å². The van der Waals surface area contributed by atoms with E-state index in [1.165, 1.54) is 16.7 Å². The molecule has 2 heterocycles. The molecule has 168 valence electrons. The average Bonchev–Trinajstić information content (AvgIpc) is 3.26. The largest absolute Gasteiger partial charge is 0.351 e. The third-order valence-electron chi connectivity index (χ3n) is 5.08. The summed E-state index contributed by atoms with van der Waals surface area (Å²) in [6, 6.07) is 7.58. The molecule has 31 heavy (non-hydrogen) atoms. The third kappa shape index (κ3) is 6.07. The van der Waals surface area contributed by atoms with Crippen LogP contribution in [-0.4, -0.2) is 76.3 Å². The van der Waals surface area contributed by atoms with E-state index in [1.54, 1.807) is 6.92 Å². The van der Waals surface area contributed by atoms with Crippen LogP contribution in [0.15, 0.2) is 29.4 Å². The minimum Gasteiger partial charge on any atom is -0.351 e. The molecule has 0 aliphatic carbocycles. The fourth-order valence-corrected chi connectivity index (χ4v) is 5.95. The van der Waals surface area contributed by atoms with Gasteiger partial charge in [-0.3, -0.25) is 14.2 Å². The van der Waals surface area contributed by atoms with Crippen LogP contribution >= 0.6 is 11.8 Å². The molecule has 1 fully saturated rings. The smallest absolute Gasteiger partial charge is 0.239 e. The molecule has 1 N–H and O–H groups in total. The van der Waals surface area contributed by atoms with Crippen molar-refractivity contribution in [3.63, 3.8) is 0 Å². The highest BCUT2D eigenvalue weighted by molar-refractivity contribution is 7.99. The standard InChI is InChI=1S/C20H27N5O4S2/c1-4-24(11-18(26)21-16-9-10-31(28,29)13-16)19(27)12-30-20-23-22-15(3)25(20)17-7-5-14(2)6-8-17/h5-8,16H,4,9-13H2,1-3H3,(H,21,26). The number of thioether (sulfide) groups is 1. The molecular formula is C20H27N5O4S2. The van der Waals surface area contributed by atoms with Gasteiger partial charge in [-0.25, -0.2) is 8.42 Å². The van der Waals surface area contributed by atoms with Gasteiger partial charge >= 0.3 is 0 Å². The van der Waals surface area contributed by atoms with Crippen LogP contribution in [0.4, 0.5) is 0 Å². The highest BCUT2D eigenvalue weighted by atomic mass is 32.2. The van der Waals surface area contributed by atoms with Gasteiger partial charge in [-0.05, 0) is 39.3 Å². The lowest BCUT2D eigenvalue weighted by molar-refractivity contribution is -0.134. The van der Waals surface area contributed by atoms with Crippen LogP contribution < -0.4 is 5.32 Å². The Labute approximate surface area is 186 Å². The minimum atomic E-state index is -3.07. The lowest BCUT2D eigenvalue weighted by atomic mass is 10.2. The number of nitrogens with one attached hydrogen (secondary N) is 1. The Balaban J connectivity index is 1.58. The molecule has 0 saturated carbocycles. The molecule has 1 atom stereocenters. The quantitative estimate of drug-likeness (QED) is 0.581. The van der Waals surface area contributed by atoms with Crippen molar-refractivity contribution in [2.75, 3.05) is 30.3 Å². The maximum atomic E-state index is 12.7. The number of likely N-dealkylation sites (N-methyl/N-ethyl adjacent to an activating group) is 1. The summed E-state index contributed by atoms with van der Waals surface area (Å²) < 4.78 is 25.0. The molecule has 1 aliphatic rings. The van der Waals surface area contributed by atoms with Gasteiger partial charge in [-0.15, -0.1) is 10.2 Å². The first-order valence-electron chi connectivity index (χ1n) is 10.1. The van der Waals surface area contributed by atoms with Crippen LogP contribution in [0.5, 0.6) is 0 Å². The van der Waals surface area contributed by atoms with Gasteiger partial charge in [0, 0.05) is 18.3 Å². The lowest BCUT2D eigenvalue weighted by Gasteiger charge is -2.21. The number of carbonyl (C=O) groups excluding carboxylic acids is 2. The van der Waals surface area contributed by atoms with Crippen molar-refractivity contribution in [1.29, 1.82) is 0 Å². The molecule has 2 amide bonds. The zero-order valence-electron chi connectivity index (χ0n) is 17.9. The average molecular weight is 466 g/mol. The summed E-state index contributed by atoms with van der Waals surface area (Å²) in [5.74, 6) is 0.341. The summed E-state index contributed by atoms with van der Waals surface area (Å²) in [4.78, 5) is 26.4. The third-order valence-corrected chi connectivity index (χ3v) is 7.76. The molecular weight excluding hydrogens is 438 g/mol. The number of amides is 2. The van der Waals surface area contributed by atoms with Gasteiger partial charge in [-0.1, -0.05) is 29.5 Å². The van der Waals surface area contributed by atoms with Crippen molar-refractivity contribution < 1.29 is 18.0 Å². The summed E-state index contributed by atoms with van der Waals surface area (Å²) in [6.45, 7) is 5.94. The number of rotatable bonds is 8. The second-order valence-corrected chi connectivity index (χ2v) is 10.7. The topological polar surface area (TPSA) is 114 Å². The van der Waals surface area contributed by atoms with Gasteiger partial charge in [0.1, 0.15) is 5.82 Å². The molecule has 9 nitrogen and oxygen atoms in total. The number of carbonyl (C=O) groups is 2. The lowest BCUT2D eigenvalue weighted by Crippen LogP contribution is -2.45. The van der Waals surface area contributed by atoms with E-state index in [-0.39, 0.29) is 41.7 Å². The first kappa shape index (κ1) is 23.3. The van der Waals surface area contributed by atoms with Crippen LogP contribution in [0, 0.1) is 13.8 Å². The molecule has 2 aromatic rings. The number of aryl methyl sites for hydroxylation is 2. The second kappa shape index (κ2) is 9.82. The first-order chi connectivity index (χ1) is 14.7. The van der Waals surface area contributed by atoms with E-state index in [9.17, 15) is 18.0 Å². The Morgan fingerprint density at radius 2 is 1.94 bits per heavy atom. The molecule has 11 heteroatoms. The van der Waals surface area contributed by atoms with E-state index >= 15 is 0 Å². The Morgan fingerprint density at radius 3 is 2.55 bits per heavy atom. The van der Waals surface area contributed by atoms with Gasteiger partial charge < -0.3 is 10.2 Å². The van der Waals surface area contributed by atoms with Crippen molar-refractivity contribution in [1.82, 2.24) is 25.0 Å². The van der Waals surface area contributed by atoms with Gasteiger partial charge in [0.05, 0.1) is 23.8 Å². The predicted octanol–water partition coefficient (Wildman–Crippen LogP) is 1.13. The van der Waals surface area contributed by atoms with E-state index < -0.39 is 9.84 Å². The fourth-order valence-electron chi connectivity index (χ4n) is 3.38. The number of benzene rings is 1. The number of nitrogens with zero attached hydrogens (tertiary/aromatic N) is 4. The number of hydrogen-bond acceptors (Lipinski definition) is 7. The summed E-state index contributed by atoms with van der Waals surface area (Å²) in [5, 5.41) is 11.6. The van der Waals surface area contributed by atoms with E-state index in [0.717, 1.165) is 17.1 Å². The summed E-state index contributed by atoms with van der Waals surface area (Å²) >= 11 is 1.27. The minimum absolute atomic E-state index is 0.0390. The molecule has 0 bridgehead atoms. The summed E-state index contributed by atoms with van der Waals surface area (Å²) in [6.07, 6.45) is 0.415. The van der Waals surface area contributed by atoms with Gasteiger partial charge in [-0.2, -0.15) is 0 Å². The molecule has 1 aromatic carbocycles. The SMILES string of the molecule is CCN(CC(=O)NC1CCS(=O)(=O)C1)C(=O)CSc1nnc(C)n1-c1ccc(C)cc1. The van der Waals surface area contributed by atoms with Crippen LogP contribution in [-0.2, 0) is 19.4 Å². The van der Waals surface area contributed by atoms with Gasteiger partial charge in [0.2, 0.25) is 11.8 Å². The van der Waals surface area contributed by atoms with E-state index in [1.807, 2.05) is 42.7 Å². The first-order valence-corrected chi connectivity index (χ1v) is 12.9. The van der Waals surface area contributed by atoms with Crippen molar-refractivity contribution >= 4 is 33.4 Å². The Morgan fingerprint density at radius 1 is 1.23 bits per heavy atom. The Hall–Kier alpha value is -2.40. The van der Waals surface area contributed by atoms with Crippen LogP contribution in [0.2, 0.25) is 0 Å². The molecule has 1 aromatic heterocycles. The maximum absolute atomic E-state index is 12.7. The Kier molecular flexibility index (Phi) is 7.37. The molecule has 0 radical (unpaired) electrons. The van der Waals surface area contributed by atoms with Crippen LogP contribution in [0.1, 0.15) is 24.7 Å². The van der Waals surface area contributed by atoms with E-state index in [0.29, 0.717) is 18.1 Å². The zero-order chi connectivity index (χ0) is 22.6. The highest BCUT2D eigenvalue weighted by Crippen LogP contribution is 2.22. The van der Waals surface area contributed by atoms with Crippen molar-refractivity contribution in [3.8, 4) is 5.69 Å². The second-order valence-electron chi connectivity index (χ2n) is 7.56. The number of sulfone groups is 1. The van der Waals surface area contributed by atoms with Crippen molar-refractivity contribution in [2.45, 2.75) is 38.4 Å². The monoisotopic (exact) mass is 465 g/mol.